The lowest BCUT2D eigenvalue weighted by Crippen LogP contribution is -2.08. The van der Waals surface area contributed by atoms with Crippen LogP contribution < -0.4 is 11.1 Å². The molecular formula is C10H14ClN3. The first-order chi connectivity index (χ1) is 6.70. The van der Waals surface area contributed by atoms with Crippen LogP contribution in [0.25, 0.3) is 0 Å². The summed E-state index contributed by atoms with van der Waals surface area (Å²) in [5, 5.41) is 3.79. The number of rotatable bonds is 3. The Morgan fingerprint density at radius 2 is 2.43 bits per heavy atom. The van der Waals surface area contributed by atoms with E-state index in [4.69, 9.17) is 17.3 Å². The fraction of sp³-hybridized carbons (Fsp3) is 0.500. The Hall–Kier alpha value is -0.960. The second-order valence-corrected chi connectivity index (χ2v) is 4.11. The van der Waals surface area contributed by atoms with E-state index in [0.29, 0.717) is 16.9 Å². The lowest BCUT2D eigenvalue weighted by Gasteiger charge is -2.07. The van der Waals surface area contributed by atoms with E-state index in [1.54, 1.807) is 12.1 Å². The highest BCUT2D eigenvalue weighted by Gasteiger charge is 2.35. The van der Waals surface area contributed by atoms with Crippen molar-refractivity contribution in [3.8, 4) is 0 Å². The zero-order valence-electron chi connectivity index (χ0n) is 8.13. The van der Waals surface area contributed by atoms with Crippen LogP contribution in [0.15, 0.2) is 12.1 Å². The number of pyridine rings is 1. The summed E-state index contributed by atoms with van der Waals surface area (Å²) in [5.74, 6) is 1.49. The van der Waals surface area contributed by atoms with Crippen LogP contribution in [0, 0.1) is 5.92 Å². The smallest absolute Gasteiger partial charge is 0.151 e. The minimum absolute atomic E-state index is 0.482. The molecule has 4 heteroatoms. The standard InChI is InChI=1S/C10H14ClN3/c1-2-6-5-8(6)13-10-7(12)3-4-9(11)14-10/h3-4,6,8H,2,5,12H2,1H3,(H,13,14). The lowest BCUT2D eigenvalue weighted by molar-refractivity contribution is 0.773. The molecule has 1 heterocycles. The number of nitrogens with zero attached hydrogens (tertiary/aromatic N) is 1. The molecule has 1 saturated carbocycles. The zero-order valence-corrected chi connectivity index (χ0v) is 8.88. The normalized spacial score (nSPS) is 24.7. The highest BCUT2D eigenvalue weighted by Crippen LogP contribution is 2.36. The van der Waals surface area contributed by atoms with Gasteiger partial charge in [-0.3, -0.25) is 0 Å². The van der Waals surface area contributed by atoms with E-state index in [0.717, 1.165) is 11.7 Å². The highest BCUT2D eigenvalue weighted by molar-refractivity contribution is 6.29. The van der Waals surface area contributed by atoms with Gasteiger partial charge in [-0.15, -0.1) is 0 Å². The molecule has 3 nitrogen and oxygen atoms in total. The molecule has 0 spiro atoms. The van der Waals surface area contributed by atoms with Gasteiger partial charge in [0.15, 0.2) is 5.82 Å². The average Bonchev–Trinajstić information content (AvgIpc) is 2.90. The topological polar surface area (TPSA) is 50.9 Å². The number of hydrogen-bond donors (Lipinski definition) is 2. The Labute approximate surface area is 88.7 Å². The number of halogens is 1. The van der Waals surface area contributed by atoms with Gasteiger partial charge in [0, 0.05) is 6.04 Å². The Kier molecular flexibility index (Phi) is 2.50. The van der Waals surface area contributed by atoms with Gasteiger partial charge in [0.2, 0.25) is 0 Å². The Bertz CT molecular complexity index is 340. The van der Waals surface area contributed by atoms with Crippen LogP contribution in [0.4, 0.5) is 11.5 Å². The number of nitrogens with one attached hydrogen (secondary N) is 1. The van der Waals surface area contributed by atoms with Crippen molar-refractivity contribution in [2.45, 2.75) is 25.8 Å². The maximum atomic E-state index is 5.78. The zero-order chi connectivity index (χ0) is 10.1. The number of aromatic nitrogens is 1. The predicted octanol–water partition coefficient (Wildman–Crippen LogP) is 2.53. The molecule has 3 N–H and O–H groups in total. The summed E-state index contributed by atoms with van der Waals surface area (Å²) in [6, 6.07) is 4.01. The first-order valence-electron chi connectivity index (χ1n) is 4.89. The molecule has 2 unspecified atom stereocenters. The summed E-state index contributed by atoms with van der Waals surface area (Å²) in [6.45, 7) is 2.20. The number of hydrogen-bond acceptors (Lipinski definition) is 3. The van der Waals surface area contributed by atoms with Gasteiger partial charge in [-0.25, -0.2) is 4.98 Å². The van der Waals surface area contributed by atoms with Gasteiger partial charge in [-0.1, -0.05) is 24.9 Å². The maximum absolute atomic E-state index is 5.78. The Morgan fingerprint density at radius 1 is 1.64 bits per heavy atom. The van der Waals surface area contributed by atoms with E-state index in [9.17, 15) is 0 Å². The van der Waals surface area contributed by atoms with Crippen LogP contribution in [0.5, 0.6) is 0 Å². The number of nitrogen functional groups attached to an aromatic ring is 1. The third-order valence-electron chi connectivity index (χ3n) is 2.66. The minimum Gasteiger partial charge on any atom is -0.396 e. The van der Waals surface area contributed by atoms with Gasteiger partial charge in [-0.2, -0.15) is 0 Å². The van der Waals surface area contributed by atoms with E-state index in [1.165, 1.54) is 12.8 Å². The van der Waals surface area contributed by atoms with Crippen molar-refractivity contribution in [3.05, 3.63) is 17.3 Å². The minimum atomic E-state index is 0.482. The van der Waals surface area contributed by atoms with Gasteiger partial charge in [-0.05, 0) is 24.5 Å². The third-order valence-corrected chi connectivity index (χ3v) is 2.87. The highest BCUT2D eigenvalue weighted by atomic mass is 35.5. The third kappa shape index (κ3) is 1.93. The first kappa shape index (κ1) is 9.59. The fourth-order valence-corrected chi connectivity index (χ4v) is 1.76. The molecule has 1 fully saturated rings. The van der Waals surface area contributed by atoms with Crippen molar-refractivity contribution in [1.82, 2.24) is 4.98 Å². The molecule has 14 heavy (non-hydrogen) atoms. The molecule has 1 aromatic heterocycles. The SMILES string of the molecule is CCC1CC1Nc1nc(Cl)ccc1N. The van der Waals surface area contributed by atoms with E-state index >= 15 is 0 Å². The van der Waals surface area contributed by atoms with Gasteiger partial charge in [0.25, 0.3) is 0 Å². The summed E-state index contributed by atoms with van der Waals surface area (Å²) in [6.07, 6.45) is 2.42. The van der Waals surface area contributed by atoms with Crippen molar-refractivity contribution >= 4 is 23.1 Å². The van der Waals surface area contributed by atoms with Crippen molar-refractivity contribution in [2.75, 3.05) is 11.1 Å². The average molecular weight is 212 g/mol. The second kappa shape index (κ2) is 3.65. The van der Waals surface area contributed by atoms with Gasteiger partial charge in [0.1, 0.15) is 5.15 Å². The monoisotopic (exact) mass is 211 g/mol. The summed E-state index contributed by atoms with van der Waals surface area (Å²) in [5.41, 5.74) is 6.43. The molecule has 0 saturated heterocycles. The predicted molar refractivity (Wildman–Crippen MR) is 59.5 cm³/mol. The molecule has 0 amide bonds. The summed E-state index contributed by atoms with van der Waals surface area (Å²) in [4.78, 5) is 4.15. The Morgan fingerprint density at radius 3 is 3.07 bits per heavy atom. The van der Waals surface area contributed by atoms with E-state index in [-0.39, 0.29) is 0 Å². The van der Waals surface area contributed by atoms with Crippen molar-refractivity contribution < 1.29 is 0 Å². The lowest BCUT2D eigenvalue weighted by atomic mass is 10.3. The van der Waals surface area contributed by atoms with Crippen LogP contribution in [-0.2, 0) is 0 Å². The quantitative estimate of drug-likeness (QED) is 0.756. The maximum Gasteiger partial charge on any atom is 0.151 e. The van der Waals surface area contributed by atoms with Crippen LogP contribution in [-0.4, -0.2) is 11.0 Å². The largest absolute Gasteiger partial charge is 0.396 e. The van der Waals surface area contributed by atoms with Crippen molar-refractivity contribution in [2.24, 2.45) is 5.92 Å². The van der Waals surface area contributed by atoms with Crippen molar-refractivity contribution in [1.29, 1.82) is 0 Å². The molecule has 0 aromatic carbocycles. The van der Waals surface area contributed by atoms with E-state index < -0.39 is 0 Å². The molecule has 1 aliphatic rings. The second-order valence-electron chi connectivity index (χ2n) is 3.73. The molecule has 0 radical (unpaired) electrons. The number of anilines is 2. The van der Waals surface area contributed by atoms with Gasteiger partial charge in [0.05, 0.1) is 5.69 Å². The van der Waals surface area contributed by atoms with Crippen LogP contribution in [0.2, 0.25) is 5.15 Å². The molecule has 2 rings (SSSR count). The molecule has 2 atom stereocenters. The van der Waals surface area contributed by atoms with E-state index in [1.807, 2.05) is 0 Å². The van der Waals surface area contributed by atoms with Crippen molar-refractivity contribution in [3.63, 3.8) is 0 Å². The Balaban J connectivity index is 2.06. The molecule has 1 aromatic rings. The number of nitrogens with two attached hydrogens (primary N) is 1. The molecule has 1 aliphatic carbocycles. The van der Waals surface area contributed by atoms with Gasteiger partial charge < -0.3 is 11.1 Å². The van der Waals surface area contributed by atoms with Gasteiger partial charge >= 0.3 is 0 Å². The molecule has 76 valence electrons. The molecule has 0 bridgehead atoms. The molecule has 0 aliphatic heterocycles. The fourth-order valence-electron chi connectivity index (χ4n) is 1.61. The summed E-state index contributed by atoms with van der Waals surface area (Å²) < 4.78 is 0. The van der Waals surface area contributed by atoms with Crippen LogP contribution >= 0.6 is 11.6 Å². The summed E-state index contributed by atoms with van der Waals surface area (Å²) >= 11 is 5.78. The summed E-state index contributed by atoms with van der Waals surface area (Å²) in [7, 11) is 0. The first-order valence-corrected chi connectivity index (χ1v) is 5.27. The van der Waals surface area contributed by atoms with Crippen LogP contribution in [0.1, 0.15) is 19.8 Å². The molecular weight excluding hydrogens is 198 g/mol. The van der Waals surface area contributed by atoms with E-state index in [2.05, 4.69) is 17.2 Å². The van der Waals surface area contributed by atoms with Crippen LogP contribution in [0.3, 0.4) is 0 Å².